The maximum atomic E-state index is 13.2. The van der Waals surface area contributed by atoms with Gasteiger partial charge in [0.25, 0.3) is 11.8 Å². The molecule has 0 spiro atoms. The summed E-state index contributed by atoms with van der Waals surface area (Å²) in [7, 11) is 1.64. The minimum atomic E-state index is -1.07. The van der Waals surface area contributed by atoms with E-state index in [-0.39, 0.29) is 41.9 Å². The Morgan fingerprint density at radius 1 is 1.18 bits per heavy atom. The monoisotopic (exact) mass is 451 g/mol. The minimum Gasteiger partial charge on any atom is -0.351 e. The fraction of sp³-hybridized carbons (Fsp3) is 0.520. The molecule has 1 saturated carbocycles. The Morgan fingerprint density at radius 3 is 2.58 bits per heavy atom. The lowest BCUT2D eigenvalue weighted by molar-refractivity contribution is -0.133. The number of nitrogens with one attached hydrogen (secondary N) is 2. The quantitative estimate of drug-likeness (QED) is 0.706. The fourth-order valence-electron chi connectivity index (χ4n) is 4.66. The standard InChI is InChI=1S/C25H33N5O3/c1-17(18-10-6-4-7-11-18)15-26-22(31)20-14-21-23(32)29(3)25(2,16-30(21)28-20)24(33)27-19-12-8-5-9-13-19/h4,6-7,10-11,14,17,19H,5,8-9,12-13,15-16H2,1-3H3,(H,26,31)(H,27,33)/t17-,25-/m1/s1. The molecular weight excluding hydrogens is 418 g/mol. The summed E-state index contributed by atoms with van der Waals surface area (Å²) >= 11 is 0. The zero-order chi connectivity index (χ0) is 23.6. The van der Waals surface area contributed by atoms with E-state index in [1.807, 2.05) is 37.3 Å². The van der Waals surface area contributed by atoms with Gasteiger partial charge >= 0.3 is 0 Å². The molecule has 1 aliphatic carbocycles. The molecule has 1 aromatic heterocycles. The Bertz CT molecular complexity index is 1030. The molecule has 2 heterocycles. The fourth-order valence-corrected chi connectivity index (χ4v) is 4.66. The highest BCUT2D eigenvalue weighted by molar-refractivity contribution is 6.01. The average Bonchev–Trinajstić information content (AvgIpc) is 3.26. The lowest BCUT2D eigenvalue weighted by atomic mass is 9.92. The molecule has 2 N–H and O–H groups in total. The second-order valence-electron chi connectivity index (χ2n) is 9.54. The number of benzene rings is 1. The first kappa shape index (κ1) is 23.0. The third kappa shape index (κ3) is 4.65. The average molecular weight is 452 g/mol. The van der Waals surface area contributed by atoms with Crippen molar-refractivity contribution in [2.75, 3.05) is 13.6 Å². The molecule has 2 aliphatic rings. The van der Waals surface area contributed by atoms with Gasteiger partial charge in [0.05, 0.1) is 6.54 Å². The first-order valence-electron chi connectivity index (χ1n) is 11.8. The topological polar surface area (TPSA) is 96.3 Å². The van der Waals surface area contributed by atoms with E-state index >= 15 is 0 Å². The van der Waals surface area contributed by atoms with Crippen LogP contribution in [-0.2, 0) is 11.3 Å². The second-order valence-corrected chi connectivity index (χ2v) is 9.54. The largest absolute Gasteiger partial charge is 0.351 e. The van der Waals surface area contributed by atoms with Crippen LogP contribution >= 0.6 is 0 Å². The molecule has 2 aromatic rings. The van der Waals surface area contributed by atoms with Crippen molar-refractivity contribution in [1.82, 2.24) is 25.3 Å². The van der Waals surface area contributed by atoms with Gasteiger partial charge in [-0.15, -0.1) is 0 Å². The SMILES string of the molecule is C[C@H](CNC(=O)c1cc2n(n1)C[C@](C)(C(=O)NC1CCCCC1)N(C)C2=O)c1ccccc1. The van der Waals surface area contributed by atoms with Crippen molar-refractivity contribution in [3.8, 4) is 0 Å². The van der Waals surface area contributed by atoms with Gasteiger partial charge in [0.1, 0.15) is 11.2 Å². The number of carbonyl (C=O) groups is 3. The van der Waals surface area contributed by atoms with Crippen LogP contribution in [0.2, 0.25) is 0 Å². The molecule has 8 nitrogen and oxygen atoms in total. The Morgan fingerprint density at radius 2 is 1.88 bits per heavy atom. The van der Waals surface area contributed by atoms with Crippen molar-refractivity contribution in [2.24, 2.45) is 0 Å². The van der Waals surface area contributed by atoms with Crippen LogP contribution in [0.15, 0.2) is 36.4 Å². The maximum absolute atomic E-state index is 13.2. The number of amides is 3. The van der Waals surface area contributed by atoms with E-state index < -0.39 is 5.54 Å². The third-order valence-corrected chi connectivity index (χ3v) is 7.10. The summed E-state index contributed by atoms with van der Waals surface area (Å²) < 4.78 is 1.50. The zero-order valence-corrected chi connectivity index (χ0v) is 19.6. The molecule has 1 fully saturated rings. The highest BCUT2D eigenvalue weighted by Gasteiger charge is 2.46. The highest BCUT2D eigenvalue weighted by Crippen LogP contribution is 2.27. The van der Waals surface area contributed by atoms with Crippen molar-refractivity contribution in [3.63, 3.8) is 0 Å². The number of fused-ring (bicyclic) bond motifs is 1. The molecule has 2 atom stereocenters. The summed E-state index contributed by atoms with van der Waals surface area (Å²) in [6.45, 7) is 4.47. The van der Waals surface area contributed by atoms with E-state index in [1.165, 1.54) is 22.1 Å². The van der Waals surface area contributed by atoms with Crippen molar-refractivity contribution in [1.29, 1.82) is 0 Å². The number of rotatable bonds is 6. The van der Waals surface area contributed by atoms with Gasteiger partial charge in [-0.1, -0.05) is 56.5 Å². The van der Waals surface area contributed by atoms with E-state index in [2.05, 4.69) is 15.7 Å². The van der Waals surface area contributed by atoms with Crippen LogP contribution in [0.3, 0.4) is 0 Å². The van der Waals surface area contributed by atoms with Gasteiger partial charge in [0.15, 0.2) is 5.69 Å². The number of nitrogens with zero attached hydrogens (tertiary/aromatic N) is 3. The van der Waals surface area contributed by atoms with E-state index in [0.29, 0.717) is 12.2 Å². The molecule has 1 aliphatic heterocycles. The number of hydrogen-bond donors (Lipinski definition) is 2. The van der Waals surface area contributed by atoms with Gasteiger partial charge in [0.2, 0.25) is 5.91 Å². The summed E-state index contributed by atoms with van der Waals surface area (Å²) in [5.41, 5.74) is 0.576. The molecule has 3 amide bonds. The number of likely N-dealkylation sites (N-methyl/N-ethyl adjacent to an activating group) is 1. The van der Waals surface area contributed by atoms with Gasteiger partial charge in [-0.2, -0.15) is 5.10 Å². The molecule has 0 radical (unpaired) electrons. The zero-order valence-electron chi connectivity index (χ0n) is 19.6. The third-order valence-electron chi connectivity index (χ3n) is 7.10. The summed E-state index contributed by atoms with van der Waals surface area (Å²) in [5.74, 6) is -0.670. The lowest BCUT2D eigenvalue weighted by Crippen LogP contribution is -2.63. The Balaban J connectivity index is 1.45. The normalized spacial score (nSPS) is 21.9. The van der Waals surface area contributed by atoms with Crippen molar-refractivity contribution < 1.29 is 14.4 Å². The van der Waals surface area contributed by atoms with E-state index in [9.17, 15) is 14.4 Å². The van der Waals surface area contributed by atoms with E-state index in [4.69, 9.17) is 0 Å². The Labute approximate surface area is 194 Å². The van der Waals surface area contributed by atoms with Crippen LogP contribution in [0.4, 0.5) is 0 Å². The number of hydrogen-bond acceptors (Lipinski definition) is 4. The second kappa shape index (κ2) is 9.37. The Kier molecular flexibility index (Phi) is 6.54. The molecule has 0 saturated heterocycles. The molecule has 176 valence electrons. The smallest absolute Gasteiger partial charge is 0.272 e. The minimum absolute atomic E-state index is 0.145. The molecule has 4 rings (SSSR count). The van der Waals surface area contributed by atoms with Crippen LogP contribution in [0, 0.1) is 0 Å². The van der Waals surface area contributed by atoms with Crippen molar-refractivity contribution >= 4 is 17.7 Å². The van der Waals surface area contributed by atoms with Gasteiger partial charge in [-0.05, 0) is 31.2 Å². The molecule has 8 heteroatoms. The van der Waals surface area contributed by atoms with E-state index in [0.717, 1.165) is 31.2 Å². The molecule has 0 unspecified atom stereocenters. The predicted molar refractivity (Wildman–Crippen MR) is 125 cm³/mol. The summed E-state index contributed by atoms with van der Waals surface area (Å²) in [4.78, 5) is 40.5. The van der Waals surface area contributed by atoms with Crippen LogP contribution in [0.1, 0.15) is 78.4 Å². The number of carbonyl (C=O) groups excluding carboxylic acids is 3. The molecular formula is C25H33N5O3. The highest BCUT2D eigenvalue weighted by atomic mass is 16.2. The molecule has 1 aromatic carbocycles. The van der Waals surface area contributed by atoms with Crippen molar-refractivity contribution in [3.05, 3.63) is 53.3 Å². The van der Waals surface area contributed by atoms with Crippen LogP contribution < -0.4 is 10.6 Å². The van der Waals surface area contributed by atoms with Crippen LogP contribution in [-0.4, -0.2) is 57.6 Å². The lowest BCUT2D eigenvalue weighted by Gasteiger charge is -2.41. The Hall–Kier alpha value is -3.16. The summed E-state index contributed by atoms with van der Waals surface area (Å²) in [5, 5.41) is 10.4. The first-order chi connectivity index (χ1) is 15.8. The maximum Gasteiger partial charge on any atom is 0.272 e. The molecule has 0 bridgehead atoms. The summed E-state index contributed by atoms with van der Waals surface area (Å²) in [6.07, 6.45) is 5.37. The summed E-state index contributed by atoms with van der Waals surface area (Å²) in [6, 6.07) is 11.6. The van der Waals surface area contributed by atoms with Crippen LogP contribution in [0.5, 0.6) is 0 Å². The van der Waals surface area contributed by atoms with Gasteiger partial charge in [-0.25, -0.2) is 0 Å². The van der Waals surface area contributed by atoms with E-state index in [1.54, 1.807) is 14.0 Å². The number of aromatic nitrogens is 2. The molecule has 33 heavy (non-hydrogen) atoms. The van der Waals surface area contributed by atoms with Gasteiger partial charge < -0.3 is 15.5 Å². The van der Waals surface area contributed by atoms with Crippen molar-refractivity contribution in [2.45, 2.75) is 70.0 Å². The van der Waals surface area contributed by atoms with Gasteiger partial charge in [0, 0.05) is 25.7 Å². The predicted octanol–water partition coefficient (Wildman–Crippen LogP) is 2.71. The van der Waals surface area contributed by atoms with Crippen LogP contribution in [0.25, 0.3) is 0 Å². The van der Waals surface area contributed by atoms with Gasteiger partial charge in [-0.3, -0.25) is 19.1 Å². The first-order valence-corrected chi connectivity index (χ1v) is 11.8.